The van der Waals surface area contributed by atoms with Gasteiger partial charge in [-0.15, -0.1) is 0 Å². The van der Waals surface area contributed by atoms with E-state index >= 15 is 0 Å². The zero-order valence-electron chi connectivity index (χ0n) is 9.75. The second-order valence-electron chi connectivity index (χ2n) is 4.19. The number of nitrogens with zero attached hydrogens (tertiary/aromatic N) is 1. The molecule has 1 fully saturated rings. The Morgan fingerprint density at radius 2 is 2.12 bits per heavy atom. The normalized spacial score (nSPS) is 15.3. The van der Waals surface area contributed by atoms with Gasteiger partial charge < -0.3 is 9.88 Å². The molecule has 4 nitrogen and oxygen atoms in total. The lowest BCUT2D eigenvalue weighted by Crippen LogP contribution is -2.33. The summed E-state index contributed by atoms with van der Waals surface area (Å²) in [6.45, 7) is 3.52. The van der Waals surface area contributed by atoms with E-state index in [2.05, 4.69) is 27.6 Å². The van der Waals surface area contributed by atoms with E-state index < -0.39 is 0 Å². The molecule has 0 aromatic carbocycles. The summed E-state index contributed by atoms with van der Waals surface area (Å²) in [5.41, 5.74) is 0.904. The third-order valence-electron chi connectivity index (χ3n) is 3.05. The van der Waals surface area contributed by atoms with Crippen LogP contribution in [0.15, 0.2) is 10.9 Å². The van der Waals surface area contributed by atoms with Crippen LogP contribution in [0.5, 0.6) is 0 Å². The molecule has 1 aromatic rings. The zero-order chi connectivity index (χ0) is 12.4. The van der Waals surface area contributed by atoms with Crippen LogP contribution in [0.2, 0.25) is 0 Å². The number of aryl methyl sites for hydroxylation is 1. The van der Waals surface area contributed by atoms with E-state index in [4.69, 9.17) is 0 Å². The standard InChI is InChI=1S/C12H15IN2O2/c1-2-10-9(13)7-8(11(16)14-10)12(17)15-5-3-4-6-15/h7H,2-6H2,1H3,(H,14,16). The van der Waals surface area contributed by atoms with Crippen LogP contribution < -0.4 is 5.56 Å². The second kappa shape index (κ2) is 5.20. The van der Waals surface area contributed by atoms with Gasteiger partial charge in [-0.25, -0.2) is 0 Å². The van der Waals surface area contributed by atoms with Crippen molar-refractivity contribution in [2.75, 3.05) is 13.1 Å². The molecule has 0 aliphatic carbocycles. The van der Waals surface area contributed by atoms with Crippen molar-refractivity contribution in [1.82, 2.24) is 9.88 Å². The molecule has 2 rings (SSSR count). The molecule has 0 radical (unpaired) electrons. The summed E-state index contributed by atoms with van der Waals surface area (Å²) in [4.78, 5) is 28.5. The van der Waals surface area contributed by atoms with E-state index in [0.717, 1.165) is 41.6 Å². The summed E-state index contributed by atoms with van der Waals surface area (Å²) < 4.78 is 0.951. The average molecular weight is 346 g/mol. The van der Waals surface area contributed by atoms with Crippen molar-refractivity contribution >= 4 is 28.5 Å². The third-order valence-corrected chi connectivity index (χ3v) is 4.01. The fourth-order valence-corrected chi connectivity index (χ4v) is 2.88. The number of carbonyl (C=O) groups excluding carboxylic acids is 1. The van der Waals surface area contributed by atoms with Crippen LogP contribution in [0.1, 0.15) is 35.8 Å². The molecular weight excluding hydrogens is 331 g/mol. The number of carbonyl (C=O) groups is 1. The molecule has 1 aliphatic rings. The highest BCUT2D eigenvalue weighted by atomic mass is 127. The number of pyridine rings is 1. The van der Waals surface area contributed by atoms with Crippen molar-refractivity contribution in [3.63, 3.8) is 0 Å². The van der Waals surface area contributed by atoms with Crippen LogP contribution in [-0.2, 0) is 6.42 Å². The molecule has 1 aromatic heterocycles. The SMILES string of the molecule is CCc1[nH]c(=O)c(C(=O)N2CCCC2)cc1I. The fourth-order valence-electron chi connectivity index (χ4n) is 2.05. The quantitative estimate of drug-likeness (QED) is 0.830. The lowest BCUT2D eigenvalue weighted by atomic mass is 10.2. The van der Waals surface area contributed by atoms with Gasteiger partial charge in [0.1, 0.15) is 5.56 Å². The number of H-pyrrole nitrogens is 1. The predicted molar refractivity (Wildman–Crippen MR) is 74.3 cm³/mol. The van der Waals surface area contributed by atoms with Gasteiger partial charge in [0.15, 0.2) is 0 Å². The van der Waals surface area contributed by atoms with Gasteiger partial charge in [-0.05, 0) is 47.9 Å². The number of aromatic amines is 1. The Labute approximate surface area is 114 Å². The average Bonchev–Trinajstić information content (AvgIpc) is 2.84. The summed E-state index contributed by atoms with van der Waals surface area (Å²) in [6, 6.07) is 1.71. The van der Waals surface area contributed by atoms with Crippen LogP contribution in [-0.4, -0.2) is 28.9 Å². The minimum Gasteiger partial charge on any atom is -0.338 e. The first-order valence-electron chi connectivity index (χ1n) is 5.84. The number of nitrogens with one attached hydrogen (secondary N) is 1. The first-order chi connectivity index (χ1) is 8.13. The van der Waals surface area contributed by atoms with Crippen molar-refractivity contribution in [3.05, 3.63) is 31.2 Å². The van der Waals surface area contributed by atoms with Gasteiger partial charge >= 0.3 is 0 Å². The van der Waals surface area contributed by atoms with Crippen molar-refractivity contribution in [2.45, 2.75) is 26.2 Å². The van der Waals surface area contributed by atoms with Crippen molar-refractivity contribution in [3.8, 4) is 0 Å². The number of hydrogen-bond acceptors (Lipinski definition) is 2. The van der Waals surface area contributed by atoms with Gasteiger partial charge in [0.25, 0.3) is 11.5 Å². The molecule has 1 N–H and O–H groups in total. The highest BCUT2D eigenvalue weighted by Gasteiger charge is 2.22. The number of halogens is 1. The first kappa shape index (κ1) is 12.6. The lowest BCUT2D eigenvalue weighted by Gasteiger charge is -2.15. The molecule has 1 amide bonds. The second-order valence-corrected chi connectivity index (χ2v) is 5.35. The highest BCUT2D eigenvalue weighted by Crippen LogP contribution is 2.14. The van der Waals surface area contributed by atoms with Gasteiger partial charge in [0.05, 0.1) is 0 Å². The summed E-state index contributed by atoms with van der Waals surface area (Å²) in [7, 11) is 0. The molecular formula is C12H15IN2O2. The van der Waals surface area contributed by atoms with Crippen LogP contribution in [0.3, 0.4) is 0 Å². The molecule has 0 bridgehead atoms. The number of hydrogen-bond donors (Lipinski definition) is 1. The molecule has 17 heavy (non-hydrogen) atoms. The molecule has 0 unspecified atom stereocenters. The van der Waals surface area contributed by atoms with Crippen molar-refractivity contribution in [2.24, 2.45) is 0 Å². The summed E-state index contributed by atoms with van der Waals surface area (Å²) in [6.07, 6.45) is 2.84. The van der Waals surface area contributed by atoms with Gasteiger partial charge in [-0.1, -0.05) is 6.92 Å². The Morgan fingerprint density at radius 3 is 2.71 bits per heavy atom. The zero-order valence-corrected chi connectivity index (χ0v) is 11.9. The fraction of sp³-hybridized carbons (Fsp3) is 0.500. The van der Waals surface area contributed by atoms with Gasteiger partial charge in [0.2, 0.25) is 0 Å². The van der Waals surface area contributed by atoms with E-state index in [9.17, 15) is 9.59 Å². The minimum atomic E-state index is -0.265. The summed E-state index contributed by atoms with van der Waals surface area (Å²) in [5.74, 6) is -0.135. The van der Waals surface area contributed by atoms with Crippen molar-refractivity contribution < 1.29 is 4.79 Å². The topological polar surface area (TPSA) is 53.2 Å². The third kappa shape index (κ3) is 2.53. The minimum absolute atomic E-state index is 0.135. The van der Waals surface area contributed by atoms with Crippen LogP contribution in [0, 0.1) is 3.57 Å². The Morgan fingerprint density at radius 1 is 1.47 bits per heavy atom. The van der Waals surface area contributed by atoms with E-state index in [-0.39, 0.29) is 17.0 Å². The van der Waals surface area contributed by atoms with E-state index in [0.29, 0.717) is 0 Å². The Balaban J connectivity index is 2.35. The Kier molecular flexibility index (Phi) is 3.86. The largest absolute Gasteiger partial charge is 0.338 e. The van der Waals surface area contributed by atoms with Gasteiger partial charge in [-0.2, -0.15) is 0 Å². The summed E-state index contributed by atoms with van der Waals surface area (Å²) >= 11 is 2.16. The molecule has 1 aliphatic heterocycles. The first-order valence-corrected chi connectivity index (χ1v) is 6.92. The van der Waals surface area contributed by atoms with E-state index in [1.54, 1.807) is 11.0 Å². The molecule has 92 valence electrons. The number of likely N-dealkylation sites (tertiary alicyclic amines) is 1. The lowest BCUT2D eigenvalue weighted by molar-refractivity contribution is 0.0791. The molecule has 1 saturated heterocycles. The number of aromatic nitrogens is 1. The number of rotatable bonds is 2. The van der Waals surface area contributed by atoms with Gasteiger partial charge in [-0.3, -0.25) is 9.59 Å². The maximum atomic E-state index is 12.1. The van der Waals surface area contributed by atoms with Crippen LogP contribution >= 0.6 is 22.6 Å². The van der Waals surface area contributed by atoms with Crippen LogP contribution in [0.25, 0.3) is 0 Å². The van der Waals surface area contributed by atoms with Crippen molar-refractivity contribution in [1.29, 1.82) is 0 Å². The molecule has 0 atom stereocenters. The maximum absolute atomic E-state index is 12.1. The molecule has 0 saturated carbocycles. The smallest absolute Gasteiger partial charge is 0.261 e. The molecule has 0 spiro atoms. The highest BCUT2D eigenvalue weighted by molar-refractivity contribution is 14.1. The summed E-state index contributed by atoms with van der Waals surface area (Å²) in [5, 5.41) is 0. The maximum Gasteiger partial charge on any atom is 0.261 e. The van der Waals surface area contributed by atoms with Crippen LogP contribution in [0.4, 0.5) is 0 Å². The van der Waals surface area contributed by atoms with Gasteiger partial charge in [0, 0.05) is 22.4 Å². The molecule has 2 heterocycles. The van der Waals surface area contributed by atoms with E-state index in [1.807, 2.05) is 6.92 Å². The Bertz CT molecular complexity index is 490. The number of amides is 1. The molecule has 5 heteroatoms. The monoisotopic (exact) mass is 346 g/mol. The predicted octanol–water partition coefficient (Wildman–Crippen LogP) is 1.78. The Hall–Kier alpha value is -0.850. The van der Waals surface area contributed by atoms with E-state index in [1.165, 1.54) is 0 Å².